The number of rotatable bonds is 6. The molecule has 38 heavy (non-hydrogen) atoms. The van der Waals surface area contributed by atoms with Crippen molar-refractivity contribution in [3.05, 3.63) is 11.6 Å². The zero-order valence-electron chi connectivity index (χ0n) is 22.5. The molecule has 0 N–H and O–H groups in total. The molecule has 1 heterocycles. The van der Waals surface area contributed by atoms with E-state index in [1.807, 2.05) is 0 Å². The predicted molar refractivity (Wildman–Crippen MR) is 133 cm³/mol. The van der Waals surface area contributed by atoms with Crippen molar-refractivity contribution in [3.8, 4) is 0 Å². The Morgan fingerprint density at radius 2 is 1.63 bits per heavy atom. The molecule has 1 aliphatic heterocycles. The molecule has 0 aromatic heterocycles. The standard InChI is InChI=1S/C29H37NO8/c1-16(31)20-6-7-21-19-5-4-17-14-18(32)12-13-28(17,2)27(19)22(15-29(20,21)3)37-25(35)10-11-26(36)38-30-23(33)8-9-24(30)34/h14,19-22,27H,4-13,15H2,1-3H3/t19-,20+,21+,22-,27+,28+,29-/m1/s1. The number of esters is 1. The van der Waals surface area contributed by atoms with Gasteiger partial charge in [0, 0.05) is 31.1 Å². The Hall–Kier alpha value is -2.84. The van der Waals surface area contributed by atoms with Crippen LogP contribution in [0.5, 0.6) is 0 Å². The van der Waals surface area contributed by atoms with Crippen LogP contribution in [-0.2, 0) is 38.3 Å². The molecule has 7 atom stereocenters. The van der Waals surface area contributed by atoms with Crippen LogP contribution in [0.1, 0.15) is 91.4 Å². The normalized spacial score (nSPS) is 38.2. The van der Waals surface area contributed by atoms with Crippen LogP contribution in [0, 0.1) is 34.5 Å². The lowest BCUT2D eigenvalue weighted by molar-refractivity contribution is -0.198. The summed E-state index contributed by atoms with van der Waals surface area (Å²) < 4.78 is 6.15. The van der Waals surface area contributed by atoms with E-state index in [9.17, 15) is 28.8 Å². The molecule has 0 bridgehead atoms. The summed E-state index contributed by atoms with van der Waals surface area (Å²) in [6.45, 7) is 6.03. The Morgan fingerprint density at radius 3 is 2.32 bits per heavy atom. The highest BCUT2D eigenvalue weighted by Gasteiger charge is 2.63. The number of carbonyl (C=O) groups is 6. The second-order valence-electron chi connectivity index (χ2n) is 12.4. The first-order valence-corrected chi connectivity index (χ1v) is 13.9. The number of Topliss-reactive ketones (excluding diaryl/α,β-unsaturated/α-hetero) is 1. The molecule has 0 spiro atoms. The Labute approximate surface area is 222 Å². The molecule has 206 valence electrons. The fraction of sp³-hybridized carbons (Fsp3) is 0.724. The van der Waals surface area contributed by atoms with Gasteiger partial charge in [-0.05, 0) is 74.2 Å². The number of nitrogens with zero attached hydrogens (tertiary/aromatic N) is 1. The zero-order chi connectivity index (χ0) is 27.4. The van der Waals surface area contributed by atoms with Gasteiger partial charge in [-0.15, -0.1) is 5.06 Å². The van der Waals surface area contributed by atoms with Crippen molar-refractivity contribution < 1.29 is 38.3 Å². The van der Waals surface area contributed by atoms with Gasteiger partial charge >= 0.3 is 11.9 Å². The van der Waals surface area contributed by atoms with E-state index in [1.165, 1.54) is 0 Å². The van der Waals surface area contributed by atoms with Crippen molar-refractivity contribution in [2.24, 2.45) is 34.5 Å². The number of hydrogen-bond acceptors (Lipinski definition) is 8. The van der Waals surface area contributed by atoms with Gasteiger partial charge < -0.3 is 9.57 Å². The van der Waals surface area contributed by atoms with Crippen LogP contribution in [0.3, 0.4) is 0 Å². The van der Waals surface area contributed by atoms with Gasteiger partial charge in [0.1, 0.15) is 11.9 Å². The molecule has 0 aromatic rings. The van der Waals surface area contributed by atoms with Crippen LogP contribution in [0.25, 0.3) is 0 Å². The summed E-state index contributed by atoms with van der Waals surface area (Å²) in [5.41, 5.74) is 0.617. The number of ether oxygens (including phenoxy) is 1. The van der Waals surface area contributed by atoms with Crippen LogP contribution >= 0.6 is 0 Å². The smallest absolute Gasteiger partial charge is 0.333 e. The topological polar surface area (TPSA) is 124 Å². The van der Waals surface area contributed by atoms with E-state index in [4.69, 9.17) is 9.57 Å². The molecule has 3 saturated carbocycles. The summed E-state index contributed by atoms with van der Waals surface area (Å²) in [5.74, 6) is -1.59. The number of carbonyl (C=O) groups excluding carboxylic acids is 6. The van der Waals surface area contributed by atoms with E-state index in [-0.39, 0.29) is 65.8 Å². The molecule has 9 nitrogen and oxygen atoms in total. The van der Waals surface area contributed by atoms with Gasteiger partial charge in [0.25, 0.3) is 11.8 Å². The number of ketones is 2. The summed E-state index contributed by atoms with van der Waals surface area (Å²) in [5, 5.41) is 0.476. The van der Waals surface area contributed by atoms with Crippen molar-refractivity contribution in [3.63, 3.8) is 0 Å². The Kier molecular flexibility index (Phi) is 6.84. The summed E-state index contributed by atoms with van der Waals surface area (Å²) >= 11 is 0. The predicted octanol–water partition coefficient (Wildman–Crippen LogP) is 3.63. The maximum atomic E-state index is 13.1. The van der Waals surface area contributed by atoms with Gasteiger partial charge in [0.2, 0.25) is 0 Å². The monoisotopic (exact) mass is 527 g/mol. The Bertz CT molecular complexity index is 1110. The van der Waals surface area contributed by atoms with Crippen molar-refractivity contribution in [1.29, 1.82) is 0 Å². The molecule has 0 aromatic carbocycles. The van der Waals surface area contributed by atoms with Gasteiger partial charge in [-0.2, -0.15) is 0 Å². The van der Waals surface area contributed by atoms with Gasteiger partial charge in [0.05, 0.1) is 12.8 Å². The van der Waals surface area contributed by atoms with Crippen LogP contribution in [0.4, 0.5) is 0 Å². The number of hydroxylamine groups is 2. The lowest BCUT2D eigenvalue weighted by Crippen LogP contribution is -2.58. The van der Waals surface area contributed by atoms with Crippen LogP contribution in [0.2, 0.25) is 0 Å². The molecule has 0 unspecified atom stereocenters. The second-order valence-corrected chi connectivity index (χ2v) is 12.4. The molecule has 4 fully saturated rings. The van der Waals surface area contributed by atoms with Crippen molar-refractivity contribution in [1.82, 2.24) is 5.06 Å². The van der Waals surface area contributed by atoms with Gasteiger partial charge in [-0.25, -0.2) is 4.79 Å². The van der Waals surface area contributed by atoms with Crippen LogP contribution in [-0.4, -0.2) is 46.5 Å². The number of allylic oxidation sites excluding steroid dienone is 1. The highest BCUT2D eigenvalue weighted by atomic mass is 16.7. The van der Waals surface area contributed by atoms with Crippen LogP contribution in [0.15, 0.2) is 11.6 Å². The zero-order valence-corrected chi connectivity index (χ0v) is 22.5. The third-order valence-electron chi connectivity index (χ3n) is 10.4. The summed E-state index contributed by atoms with van der Waals surface area (Å²) in [4.78, 5) is 78.5. The maximum Gasteiger partial charge on any atom is 0.333 e. The van der Waals surface area contributed by atoms with E-state index in [0.717, 1.165) is 37.7 Å². The molecular formula is C29H37NO8. The molecule has 5 aliphatic rings. The number of fused-ring (bicyclic) bond motifs is 5. The van der Waals surface area contributed by atoms with Gasteiger partial charge in [-0.1, -0.05) is 19.4 Å². The quantitative estimate of drug-likeness (QED) is 0.379. The molecule has 1 saturated heterocycles. The van der Waals surface area contributed by atoms with E-state index >= 15 is 0 Å². The highest BCUT2D eigenvalue weighted by molar-refractivity contribution is 6.01. The minimum absolute atomic E-state index is 0.000207. The van der Waals surface area contributed by atoms with Gasteiger partial charge in [0.15, 0.2) is 5.78 Å². The van der Waals surface area contributed by atoms with E-state index in [1.54, 1.807) is 13.0 Å². The van der Waals surface area contributed by atoms with Gasteiger partial charge in [-0.3, -0.25) is 24.0 Å². The molecule has 5 rings (SSSR count). The minimum Gasteiger partial charge on any atom is -0.462 e. The molecule has 0 radical (unpaired) electrons. The van der Waals surface area contributed by atoms with E-state index < -0.39 is 29.9 Å². The van der Waals surface area contributed by atoms with E-state index in [0.29, 0.717) is 23.8 Å². The second kappa shape index (κ2) is 9.72. The van der Waals surface area contributed by atoms with Crippen LogP contribution < -0.4 is 0 Å². The average molecular weight is 528 g/mol. The molecule has 4 aliphatic carbocycles. The molecule has 2 amide bonds. The lowest BCUT2D eigenvalue weighted by atomic mass is 9.46. The minimum atomic E-state index is -0.841. The molecular weight excluding hydrogens is 490 g/mol. The largest absolute Gasteiger partial charge is 0.462 e. The fourth-order valence-electron chi connectivity index (χ4n) is 8.67. The molecule has 9 heteroatoms. The number of hydrogen-bond donors (Lipinski definition) is 0. The fourth-order valence-corrected chi connectivity index (χ4v) is 8.67. The number of imide groups is 1. The highest BCUT2D eigenvalue weighted by Crippen LogP contribution is 2.67. The SMILES string of the molecule is CC(=O)[C@@H]1CC[C@H]2[C@H]3CCC4=CC(=O)CC[C@]4(C)[C@@H]3[C@H](OC(=O)CCC(=O)ON3C(=O)CCC3=O)C[C@]12C. The Balaban J connectivity index is 1.34. The third-order valence-corrected chi connectivity index (χ3v) is 10.4. The third kappa shape index (κ3) is 4.41. The lowest BCUT2D eigenvalue weighted by Gasteiger charge is -2.60. The first kappa shape index (κ1) is 26.8. The maximum absolute atomic E-state index is 13.1. The van der Waals surface area contributed by atoms with Crippen molar-refractivity contribution in [2.45, 2.75) is 97.5 Å². The Morgan fingerprint density at radius 1 is 0.947 bits per heavy atom. The summed E-state index contributed by atoms with van der Waals surface area (Å²) in [7, 11) is 0. The number of amides is 2. The van der Waals surface area contributed by atoms with E-state index in [2.05, 4.69) is 13.8 Å². The average Bonchev–Trinajstić information content (AvgIpc) is 3.36. The first-order chi connectivity index (χ1) is 17.9. The van der Waals surface area contributed by atoms with Crippen molar-refractivity contribution in [2.75, 3.05) is 0 Å². The summed E-state index contributed by atoms with van der Waals surface area (Å²) in [6, 6.07) is 0. The van der Waals surface area contributed by atoms with Crippen molar-refractivity contribution >= 4 is 35.3 Å². The first-order valence-electron chi connectivity index (χ1n) is 13.9. The summed E-state index contributed by atoms with van der Waals surface area (Å²) in [6.07, 6.45) is 6.16.